The van der Waals surface area contributed by atoms with Gasteiger partial charge in [0, 0.05) is 17.0 Å². The summed E-state index contributed by atoms with van der Waals surface area (Å²) in [5.74, 6) is 6.27. The number of hydrogen-bond acceptors (Lipinski definition) is 3. The van der Waals surface area contributed by atoms with E-state index in [0.29, 0.717) is 5.92 Å². The third kappa shape index (κ3) is 1.85. The van der Waals surface area contributed by atoms with E-state index in [1.54, 1.807) is 0 Å². The molecule has 3 N–H and O–H groups in total. The zero-order valence-electron chi connectivity index (χ0n) is 10.7. The summed E-state index contributed by atoms with van der Waals surface area (Å²) in [5, 5.41) is 1.11. The number of benzene rings is 1. The topological polar surface area (TPSA) is 50.9 Å². The fraction of sp³-hybridized carbons (Fsp3) is 0.400. The lowest BCUT2D eigenvalue weighted by Crippen LogP contribution is -2.09. The number of rotatable bonds is 2. The van der Waals surface area contributed by atoms with Crippen molar-refractivity contribution < 1.29 is 0 Å². The van der Waals surface area contributed by atoms with Gasteiger partial charge >= 0.3 is 0 Å². The van der Waals surface area contributed by atoms with Crippen LogP contribution in [0.15, 0.2) is 24.3 Å². The molecule has 18 heavy (non-hydrogen) atoms. The van der Waals surface area contributed by atoms with Crippen molar-refractivity contribution in [3.8, 4) is 0 Å². The van der Waals surface area contributed by atoms with Crippen LogP contribution in [0.3, 0.4) is 0 Å². The number of nitrogens with two attached hydrogens (primary N) is 1. The van der Waals surface area contributed by atoms with Gasteiger partial charge in [0.25, 0.3) is 0 Å². The molecule has 1 fully saturated rings. The summed E-state index contributed by atoms with van der Waals surface area (Å²) in [6, 6.07) is 8.35. The normalized spacial score (nSPS) is 16.3. The van der Waals surface area contributed by atoms with Gasteiger partial charge in [-0.1, -0.05) is 31.0 Å². The first-order chi connectivity index (χ1) is 8.79. The maximum Gasteiger partial charge on any atom is 0.0755 e. The van der Waals surface area contributed by atoms with Crippen LogP contribution in [0, 0.1) is 6.92 Å². The third-order valence-electron chi connectivity index (χ3n) is 3.99. The van der Waals surface area contributed by atoms with Crippen LogP contribution < -0.4 is 11.3 Å². The van der Waals surface area contributed by atoms with E-state index >= 15 is 0 Å². The first-order valence-electron chi connectivity index (χ1n) is 6.66. The van der Waals surface area contributed by atoms with Crippen molar-refractivity contribution in [2.45, 2.75) is 38.5 Å². The highest BCUT2D eigenvalue weighted by molar-refractivity contribution is 5.93. The molecular weight excluding hydrogens is 222 g/mol. The highest BCUT2D eigenvalue weighted by atomic mass is 15.2. The Hall–Kier alpha value is -1.61. The van der Waals surface area contributed by atoms with Crippen molar-refractivity contribution in [1.82, 2.24) is 4.98 Å². The number of para-hydroxylation sites is 1. The lowest BCUT2D eigenvalue weighted by Gasteiger charge is -2.14. The van der Waals surface area contributed by atoms with Crippen LogP contribution in [0.4, 0.5) is 5.69 Å². The van der Waals surface area contributed by atoms with E-state index in [9.17, 15) is 0 Å². The van der Waals surface area contributed by atoms with Crippen molar-refractivity contribution in [1.29, 1.82) is 0 Å². The molecule has 0 bridgehead atoms. The Kier molecular flexibility index (Phi) is 2.92. The summed E-state index contributed by atoms with van der Waals surface area (Å²) >= 11 is 0. The molecule has 3 nitrogen and oxygen atoms in total. The molecule has 1 aliphatic carbocycles. The number of fused-ring (bicyclic) bond motifs is 1. The average molecular weight is 241 g/mol. The van der Waals surface area contributed by atoms with Crippen LogP contribution in [-0.4, -0.2) is 4.98 Å². The Balaban J connectivity index is 2.19. The molecule has 3 rings (SSSR count). The van der Waals surface area contributed by atoms with Crippen molar-refractivity contribution in [3.05, 3.63) is 35.5 Å². The van der Waals surface area contributed by atoms with E-state index < -0.39 is 0 Å². The first-order valence-corrected chi connectivity index (χ1v) is 6.66. The van der Waals surface area contributed by atoms with Gasteiger partial charge in [-0.05, 0) is 31.4 Å². The number of hydrazine groups is 1. The second-order valence-corrected chi connectivity index (χ2v) is 5.19. The number of hydrogen-bond donors (Lipinski definition) is 2. The van der Waals surface area contributed by atoms with E-state index in [-0.39, 0.29) is 0 Å². The van der Waals surface area contributed by atoms with E-state index in [2.05, 4.69) is 36.6 Å². The summed E-state index contributed by atoms with van der Waals surface area (Å²) in [7, 11) is 0. The monoisotopic (exact) mass is 241 g/mol. The average Bonchev–Trinajstić information content (AvgIpc) is 2.92. The molecule has 1 aromatic carbocycles. The lowest BCUT2D eigenvalue weighted by molar-refractivity contribution is 0.701. The molecule has 0 unspecified atom stereocenters. The van der Waals surface area contributed by atoms with Crippen LogP contribution in [0.25, 0.3) is 10.9 Å². The molecule has 0 radical (unpaired) electrons. The largest absolute Gasteiger partial charge is 0.323 e. The molecule has 0 atom stereocenters. The summed E-state index contributed by atoms with van der Waals surface area (Å²) in [4.78, 5) is 4.87. The number of nitrogens with zero attached hydrogens (tertiary/aromatic N) is 1. The maximum absolute atomic E-state index is 5.66. The Bertz CT molecular complexity index is 571. The molecule has 94 valence electrons. The van der Waals surface area contributed by atoms with Crippen LogP contribution in [0.5, 0.6) is 0 Å². The van der Waals surface area contributed by atoms with Gasteiger partial charge in [0.05, 0.1) is 11.2 Å². The number of pyridine rings is 1. The molecule has 1 aromatic heterocycles. The van der Waals surface area contributed by atoms with Gasteiger partial charge in [-0.25, -0.2) is 0 Å². The number of aromatic nitrogens is 1. The summed E-state index contributed by atoms with van der Waals surface area (Å²) in [6.07, 6.45) is 5.16. The zero-order chi connectivity index (χ0) is 12.5. The van der Waals surface area contributed by atoms with Gasteiger partial charge in [-0.15, -0.1) is 0 Å². The highest BCUT2D eigenvalue weighted by Crippen LogP contribution is 2.36. The molecule has 3 heteroatoms. The number of anilines is 1. The lowest BCUT2D eigenvalue weighted by atomic mass is 10.0. The van der Waals surface area contributed by atoms with Crippen LogP contribution in [-0.2, 0) is 0 Å². The molecule has 1 heterocycles. The zero-order valence-corrected chi connectivity index (χ0v) is 10.7. The summed E-state index contributed by atoms with van der Waals surface area (Å²) in [5.41, 5.74) is 7.30. The van der Waals surface area contributed by atoms with Crippen LogP contribution in [0.1, 0.15) is 42.9 Å². The summed E-state index contributed by atoms with van der Waals surface area (Å²) < 4.78 is 0. The van der Waals surface area contributed by atoms with Gasteiger partial charge in [-0.2, -0.15) is 0 Å². The molecule has 0 spiro atoms. The summed E-state index contributed by atoms with van der Waals surface area (Å²) in [6.45, 7) is 2.11. The van der Waals surface area contributed by atoms with Gasteiger partial charge in [0.15, 0.2) is 0 Å². The predicted octanol–water partition coefficient (Wildman–Crippen LogP) is 3.49. The fourth-order valence-electron chi connectivity index (χ4n) is 2.96. The van der Waals surface area contributed by atoms with E-state index in [1.165, 1.54) is 36.9 Å². The predicted molar refractivity (Wildman–Crippen MR) is 75.5 cm³/mol. The van der Waals surface area contributed by atoms with Crippen molar-refractivity contribution >= 4 is 16.6 Å². The maximum atomic E-state index is 5.66. The second kappa shape index (κ2) is 4.58. The molecule has 2 aromatic rings. The molecule has 1 aliphatic rings. The minimum Gasteiger partial charge on any atom is -0.323 e. The van der Waals surface area contributed by atoms with E-state index in [1.807, 2.05) is 0 Å². The number of nitrogen functional groups attached to an aromatic ring is 1. The van der Waals surface area contributed by atoms with Gasteiger partial charge in [-0.3, -0.25) is 10.8 Å². The Morgan fingerprint density at radius 2 is 2.06 bits per heavy atom. The third-order valence-corrected chi connectivity index (χ3v) is 3.99. The quantitative estimate of drug-likeness (QED) is 0.625. The molecular formula is C15H19N3. The Morgan fingerprint density at radius 1 is 1.28 bits per heavy atom. The Morgan fingerprint density at radius 3 is 2.78 bits per heavy atom. The minimum absolute atomic E-state index is 0.612. The standard InChI is InChI=1S/C15H19N3/c1-10-5-4-8-12-14(18-16)9-13(17-15(10)12)11-6-2-3-7-11/h4-5,8-9,11H,2-3,6-7,16H2,1H3,(H,17,18). The van der Waals surface area contributed by atoms with Crippen molar-refractivity contribution in [2.75, 3.05) is 5.43 Å². The van der Waals surface area contributed by atoms with Crippen molar-refractivity contribution in [3.63, 3.8) is 0 Å². The van der Waals surface area contributed by atoms with Gasteiger partial charge in [0.1, 0.15) is 0 Å². The highest BCUT2D eigenvalue weighted by Gasteiger charge is 2.20. The van der Waals surface area contributed by atoms with E-state index in [0.717, 1.165) is 16.6 Å². The fourth-order valence-corrected chi connectivity index (χ4v) is 2.96. The van der Waals surface area contributed by atoms with Gasteiger partial charge < -0.3 is 5.43 Å². The van der Waals surface area contributed by atoms with Crippen LogP contribution >= 0.6 is 0 Å². The first kappa shape index (κ1) is 11.5. The van der Waals surface area contributed by atoms with E-state index in [4.69, 9.17) is 10.8 Å². The molecule has 1 saturated carbocycles. The number of nitrogens with one attached hydrogen (secondary N) is 1. The Labute approximate surface area is 107 Å². The van der Waals surface area contributed by atoms with Crippen LogP contribution in [0.2, 0.25) is 0 Å². The second-order valence-electron chi connectivity index (χ2n) is 5.19. The smallest absolute Gasteiger partial charge is 0.0755 e. The molecule has 0 saturated heterocycles. The number of aryl methyl sites for hydroxylation is 1. The van der Waals surface area contributed by atoms with Gasteiger partial charge in [0.2, 0.25) is 0 Å². The van der Waals surface area contributed by atoms with Crippen molar-refractivity contribution in [2.24, 2.45) is 5.84 Å². The molecule has 0 amide bonds. The molecule has 0 aliphatic heterocycles. The SMILES string of the molecule is Cc1cccc2c(NN)cc(C3CCCC3)nc12. The minimum atomic E-state index is 0.612.